The highest BCUT2D eigenvalue weighted by Gasteiger charge is 2.12. The number of anilines is 2. The fourth-order valence-electron chi connectivity index (χ4n) is 5.57. The molecule has 0 saturated carbocycles. The van der Waals surface area contributed by atoms with Gasteiger partial charge in [0.25, 0.3) is 12.7 Å². The van der Waals surface area contributed by atoms with Crippen molar-refractivity contribution in [3.05, 3.63) is 169 Å². The van der Waals surface area contributed by atoms with Gasteiger partial charge in [0.2, 0.25) is 24.5 Å². The third-order valence-electron chi connectivity index (χ3n) is 8.15. The fraction of sp³-hybridized carbons (Fsp3) is 0.105. The number of benzene rings is 2. The maximum absolute atomic E-state index is 11.8. The molecule has 0 radical (unpaired) electrons. The number of carbonyl (C=O) groups is 2. The summed E-state index contributed by atoms with van der Waals surface area (Å²) in [7, 11) is 0. The molecule has 0 atom stereocenters. The second-order valence-electron chi connectivity index (χ2n) is 11.9. The molecule has 12 heteroatoms. The highest BCUT2D eigenvalue weighted by atomic mass is 16.1. The Kier molecular flexibility index (Phi) is 9.49. The van der Waals surface area contributed by atoms with Crippen LogP contribution in [0.1, 0.15) is 22.3 Å². The van der Waals surface area contributed by atoms with Gasteiger partial charge < -0.3 is 20.4 Å². The molecule has 4 aromatic heterocycles. The van der Waals surface area contributed by atoms with Crippen molar-refractivity contribution in [2.45, 2.75) is 26.2 Å². The summed E-state index contributed by atoms with van der Waals surface area (Å²) in [6, 6.07) is 27.9. The average Bonchev–Trinajstić information content (AvgIpc) is 3.82. The summed E-state index contributed by atoms with van der Waals surface area (Å²) in [4.78, 5) is 36.2. The zero-order chi connectivity index (χ0) is 34.1. The maximum Gasteiger partial charge on any atom is 0.250 e. The number of nitrogens with one attached hydrogen (secondary N) is 2. The van der Waals surface area contributed by atoms with Gasteiger partial charge in [0.15, 0.2) is 0 Å². The van der Waals surface area contributed by atoms with Crippen LogP contribution in [-0.4, -0.2) is 41.7 Å². The number of rotatable bonds is 2. The Balaban J connectivity index is 1.13. The van der Waals surface area contributed by atoms with Gasteiger partial charge in [-0.25, -0.2) is 9.13 Å². The summed E-state index contributed by atoms with van der Waals surface area (Å²) in [6.45, 7) is 2.22. The summed E-state index contributed by atoms with van der Waals surface area (Å²) in [5.74, 6) is 2.83. The Labute approximate surface area is 289 Å². The van der Waals surface area contributed by atoms with Crippen molar-refractivity contribution in [2.75, 3.05) is 10.6 Å². The topological polar surface area (TPSA) is 108 Å². The van der Waals surface area contributed by atoms with Crippen LogP contribution in [0.5, 0.6) is 0 Å². The van der Waals surface area contributed by atoms with Crippen molar-refractivity contribution < 1.29 is 18.7 Å². The van der Waals surface area contributed by atoms with E-state index in [1.807, 2.05) is 107 Å². The maximum atomic E-state index is 11.8. The van der Waals surface area contributed by atoms with Crippen LogP contribution in [0.2, 0.25) is 0 Å². The lowest BCUT2D eigenvalue weighted by atomic mass is 10.1. The molecule has 8 heterocycles. The molecule has 0 spiro atoms. The first-order valence-electron chi connectivity index (χ1n) is 16.1. The largest absolute Gasteiger partial charge is 0.345 e. The molecule has 0 fully saturated rings. The second-order valence-corrected chi connectivity index (χ2v) is 11.9. The molecule has 12 nitrogen and oxygen atoms in total. The third-order valence-corrected chi connectivity index (χ3v) is 8.15. The van der Waals surface area contributed by atoms with Crippen molar-refractivity contribution in [3.8, 4) is 11.6 Å². The lowest BCUT2D eigenvalue weighted by molar-refractivity contribution is -0.688. The highest BCUT2D eigenvalue weighted by molar-refractivity contribution is 5.51. The number of carbonyl (C=O) groups excluding carboxylic acids is 2. The van der Waals surface area contributed by atoms with Crippen molar-refractivity contribution in [1.29, 1.82) is 0 Å². The number of aromatic nitrogens is 6. The summed E-state index contributed by atoms with van der Waals surface area (Å²) < 4.78 is 8.18. The van der Waals surface area contributed by atoms with E-state index in [0.29, 0.717) is 24.7 Å². The molecule has 2 aromatic carbocycles. The van der Waals surface area contributed by atoms with Crippen LogP contribution < -0.4 is 19.8 Å². The van der Waals surface area contributed by atoms with Gasteiger partial charge in [0.05, 0.1) is 13.1 Å². The smallest absolute Gasteiger partial charge is 0.250 e. The van der Waals surface area contributed by atoms with Gasteiger partial charge in [-0.1, -0.05) is 60.7 Å². The first kappa shape index (κ1) is 31.8. The summed E-state index contributed by atoms with van der Waals surface area (Å²) in [6.07, 6.45) is 20.3. The van der Waals surface area contributed by atoms with Crippen molar-refractivity contribution in [2.24, 2.45) is 0 Å². The number of hydrogen-bond donors (Lipinski definition) is 2. The van der Waals surface area contributed by atoms with E-state index in [1.54, 1.807) is 34.6 Å². The Morgan fingerprint density at radius 2 is 0.980 bits per heavy atom. The summed E-state index contributed by atoms with van der Waals surface area (Å²) in [5, 5.41) is 6.34. The van der Waals surface area contributed by atoms with E-state index in [0.717, 1.165) is 48.7 Å². The lowest BCUT2D eigenvalue weighted by Crippen LogP contribution is -2.32. The minimum Gasteiger partial charge on any atom is -0.345 e. The van der Waals surface area contributed by atoms with E-state index in [1.165, 1.54) is 11.1 Å². The number of pyridine rings is 2. The first-order valence-corrected chi connectivity index (χ1v) is 16.1. The van der Waals surface area contributed by atoms with Crippen molar-refractivity contribution >= 4 is 24.5 Å². The molecular weight excluding hydrogens is 628 g/mol. The molecular formula is C38H36N10O2+2. The minimum absolute atomic E-state index is 0.387. The molecule has 6 aromatic rings. The van der Waals surface area contributed by atoms with Crippen LogP contribution >= 0.6 is 0 Å². The molecule has 50 heavy (non-hydrogen) atoms. The van der Waals surface area contributed by atoms with Crippen molar-refractivity contribution in [3.63, 3.8) is 0 Å². The highest BCUT2D eigenvalue weighted by Crippen LogP contribution is 2.13. The van der Waals surface area contributed by atoms with E-state index in [4.69, 9.17) is 9.97 Å². The average molecular weight is 665 g/mol. The molecule has 248 valence electrons. The molecule has 4 aliphatic rings. The zero-order valence-electron chi connectivity index (χ0n) is 27.2. The van der Waals surface area contributed by atoms with Crippen LogP contribution in [0, 0.1) is 0 Å². The Morgan fingerprint density at radius 1 is 0.560 bits per heavy atom. The van der Waals surface area contributed by atoms with E-state index < -0.39 is 0 Å². The normalized spacial score (nSPS) is 14.8. The second kappa shape index (κ2) is 14.9. The van der Waals surface area contributed by atoms with Gasteiger partial charge in [-0.15, -0.1) is 0 Å². The summed E-state index contributed by atoms with van der Waals surface area (Å²) in [5.41, 5.74) is 4.27. The Bertz CT molecular complexity index is 1980. The fourth-order valence-corrected chi connectivity index (χ4v) is 5.57. The molecule has 0 aliphatic carbocycles. The van der Waals surface area contributed by atoms with E-state index in [9.17, 15) is 9.59 Å². The van der Waals surface area contributed by atoms with Crippen LogP contribution in [0.3, 0.4) is 0 Å². The van der Waals surface area contributed by atoms with E-state index in [-0.39, 0.29) is 0 Å². The van der Waals surface area contributed by atoms with Crippen LogP contribution in [0.15, 0.2) is 147 Å². The van der Waals surface area contributed by atoms with Gasteiger partial charge in [-0.2, -0.15) is 19.1 Å². The monoisotopic (exact) mass is 664 g/mol. The van der Waals surface area contributed by atoms with Gasteiger partial charge in [0.1, 0.15) is 49.5 Å². The first-order chi connectivity index (χ1) is 24.6. The van der Waals surface area contributed by atoms with Gasteiger partial charge in [-0.05, 0) is 34.4 Å². The number of nitrogens with zero attached hydrogens (tertiary/aromatic N) is 8. The summed E-state index contributed by atoms with van der Waals surface area (Å²) >= 11 is 0. The van der Waals surface area contributed by atoms with E-state index >= 15 is 0 Å². The molecule has 4 aliphatic heterocycles. The lowest BCUT2D eigenvalue weighted by Gasteiger charge is -2.15. The van der Waals surface area contributed by atoms with Crippen LogP contribution in [-0.2, 0) is 35.8 Å². The number of imidazole rings is 2. The predicted octanol–water partition coefficient (Wildman–Crippen LogP) is 4.13. The molecule has 12 bridgehead atoms. The minimum atomic E-state index is 0.387. The van der Waals surface area contributed by atoms with Gasteiger partial charge in [-0.3, -0.25) is 9.59 Å². The number of amides is 2. The molecule has 2 N–H and O–H groups in total. The van der Waals surface area contributed by atoms with Gasteiger partial charge >= 0.3 is 0 Å². The predicted molar refractivity (Wildman–Crippen MR) is 187 cm³/mol. The number of hydrogen-bond acceptors (Lipinski definition) is 6. The Morgan fingerprint density at radius 3 is 1.40 bits per heavy atom. The quantitative estimate of drug-likeness (QED) is 0.213. The molecule has 0 unspecified atom stereocenters. The molecule has 0 saturated heterocycles. The SMILES string of the molecule is O=CN1/C=C\Nc2cccc(n2)-n2cc[n+](c2)Cc2ccc(cc2)C[n+]2ccn(c2)-c2cccc(n2)N/C=C\N(C=O)Cc2ccc(cc2)C1. The Hall–Kier alpha value is -6.82. The standard InChI is InChI=1S/C38H36N10O2/c49-29-45-17-15-39-35-3-1-5-37(41-35)47-21-19-43(27-47)23-31-7-9-32(10-8-31)24-44-20-22-48(28-44)38-6-2-4-36(42-38)40-16-18-46(30-50)26-34-13-11-33(25-45)12-14-34/h1-22,27-30H,23-26H2,(H,39,41)(H,40,42)/q+2/b17-15-,18-16-. The van der Waals surface area contributed by atoms with E-state index in [2.05, 4.69) is 44.0 Å². The molecule has 2 amide bonds. The zero-order valence-corrected chi connectivity index (χ0v) is 27.2. The molecule has 10 rings (SSSR count). The van der Waals surface area contributed by atoms with Crippen LogP contribution in [0.4, 0.5) is 11.6 Å². The van der Waals surface area contributed by atoms with Gasteiger partial charge in [0, 0.05) is 36.9 Å². The van der Waals surface area contributed by atoms with Crippen molar-refractivity contribution in [1.82, 2.24) is 28.9 Å². The van der Waals surface area contributed by atoms with Crippen LogP contribution in [0.25, 0.3) is 11.6 Å². The third kappa shape index (κ3) is 8.00.